The molecule has 5 heteroatoms. The maximum Gasteiger partial charge on any atom is 0.226 e. The van der Waals surface area contributed by atoms with E-state index in [0.717, 1.165) is 64.8 Å². The molecule has 3 heterocycles. The number of hydrogen-bond donors (Lipinski definition) is 1. The SMILES string of the molecule is CC1(C)c2cc(-c3ccc4sc5ccccc5c(=O)c4c3)ccc2NC12C=Nc1c(ccc3ccccc13)O2. The smallest absolute Gasteiger partial charge is 0.226 e. The average Bonchev–Trinajstić information content (AvgIpc) is 3.17. The van der Waals surface area contributed by atoms with E-state index in [1.54, 1.807) is 11.3 Å². The van der Waals surface area contributed by atoms with Crippen molar-refractivity contribution in [1.29, 1.82) is 0 Å². The van der Waals surface area contributed by atoms with Crippen LogP contribution in [-0.4, -0.2) is 11.9 Å². The summed E-state index contributed by atoms with van der Waals surface area (Å²) >= 11 is 1.66. The summed E-state index contributed by atoms with van der Waals surface area (Å²) in [7, 11) is 0. The third-order valence-electron chi connectivity index (χ3n) is 8.36. The van der Waals surface area contributed by atoms with Crippen LogP contribution < -0.4 is 15.5 Å². The number of nitrogens with zero attached hydrogens (tertiary/aromatic N) is 1. The molecule has 1 spiro atoms. The lowest BCUT2D eigenvalue weighted by molar-refractivity contribution is 0.107. The number of aliphatic imine (C=N–C) groups is 1. The number of nitrogens with one attached hydrogen (secondary N) is 1. The number of rotatable bonds is 1. The topological polar surface area (TPSA) is 50.7 Å². The zero-order valence-corrected chi connectivity index (χ0v) is 22.3. The van der Waals surface area contributed by atoms with Gasteiger partial charge < -0.3 is 10.1 Å². The maximum absolute atomic E-state index is 13.3. The molecule has 39 heavy (non-hydrogen) atoms. The van der Waals surface area contributed by atoms with Gasteiger partial charge in [0.15, 0.2) is 5.43 Å². The van der Waals surface area contributed by atoms with Gasteiger partial charge in [0.2, 0.25) is 5.72 Å². The molecule has 1 N–H and O–H groups in total. The van der Waals surface area contributed by atoms with E-state index >= 15 is 0 Å². The van der Waals surface area contributed by atoms with Crippen LogP contribution in [0.4, 0.5) is 11.4 Å². The van der Waals surface area contributed by atoms with Gasteiger partial charge in [-0.3, -0.25) is 9.79 Å². The minimum Gasteiger partial charge on any atom is -0.460 e. The summed E-state index contributed by atoms with van der Waals surface area (Å²) in [5, 5.41) is 7.41. The van der Waals surface area contributed by atoms with Gasteiger partial charge in [0.1, 0.15) is 11.4 Å². The van der Waals surface area contributed by atoms with Crippen molar-refractivity contribution in [3.8, 4) is 16.9 Å². The van der Waals surface area contributed by atoms with Gasteiger partial charge in [-0.1, -0.05) is 54.6 Å². The largest absolute Gasteiger partial charge is 0.460 e. The molecule has 8 rings (SSSR count). The summed E-state index contributed by atoms with van der Waals surface area (Å²) in [6.07, 6.45) is 1.92. The Labute approximate surface area is 229 Å². The molecular formula is C34H24N2O2S. The lowest BCUT2D eigenvalue weighted by Crippen LogP contribution is -2.56. The molecule has 0 saturated carbocycles. The molecule has 1 aromatic heterocycles. The highest BCUT2D eigenvalue weighted by Gasteiger charge is 2.55. The minimum atomic E-state index is -0.810. The first-order chi connectivity index (χ1) is 18.9. The third-order valence-corrected chi connectivity index (χ3v) is 9.51. The average molecular weight is 525 g/mol. The zero-order chi connectivity index (χ0) is 26.4. The predicted molar refractivity (Wildman–Crippen MR) is 163 cm³/mol. The fourth-order valence-corrected chi connectivity index (χ4v) is 7.09. The van der Waals surface area contributed by atoms with Gasteiger partial charge in [-0.15, -0.1) is 11.3 Å². The van der Waals surface area contributed by atoms with Crippen LogP contribution in [0.5, 0.6) is 5.75 Å². The Bertz CT molecular complexity index is 2090. The highest BCUT2D eigenvalue weighted by Crippen LogP contribution is 2.52. The summed E-state index contributed by atoms with van der Waals surface area (Å²) in [5.41, 5.74) is 4.00. The second-order valence-electron chi connectivity index (χ2n) is 10.9. The van der Waals surface area contributed by atoms with Crippen molar-refractivity contribution >= 4 is 59.9 Å². The van der Waals surface area contributed by atoms with Crippen molar-refractivity contribution in [2.75, 3.05) is 5.32 Å². The van der Waals surface area contributed by atoms with Crippen LogP contribution in [0.2, 0.25) is 0 Å². The van der Waals surface area contributed by atoms with Crippen LogP contribution in [0, 0.1) is 0 Å². The van der Waals surface area contributed by atoms with Crippen LogP contribution in [0.1, 0.15) is 19.4 Å². The lowest BCUT2D eigenvalue weighted by Gasteiger charge is -2.40. The third kappa shape index (κ3) is 3.11. The molecule has 1 atom stereocenters. The minimum absolute atomic E-state index is 0.0846. The van der Waals surface area contributed by atoms with E-state index in [-0.39, 0.29) is 5.43 Å². The van der Waals surface area contributed by atoms with E-state index in [9.17, 15) is 4.79 Å². The fourth-order valence-electron chi connectivity index (χ4n) is 6.04. The Balaban J connectivity index is 1.22. The molecule has 2 aliphatic rings. The van der Waals surface area contributed by atoms with Crippen molar-refractivity contribution < 1.29 is 4.74 Å². The number of ether oxygens (including phenoxy) is 1. The van der Waals surface area contributed by atoms with Crippen molar-refractivity contribution in [2.24, 2.45) is 4.99 Å². The first-order valence-electron chi connectivity index (χ1n) is 13.1. The van der Waals surface area contributed by atoms with Crippen molar-refractivity contribution in [2.45, 2.75) is 25.0 Å². The van der Waals surface area contributed by atoms with Crippen molar-refractivity contribution in [1.82, 2.24) is 0 Å². The molecule has 0 saturated heterocycles. The Morgan fingerprint density at radius 3 is 2.41 bits per heavy atom. The van der Waals surface area contributed by atoms with E-state index in [1.807, 2.05) is 54.7 Å². The Hall–Kier alpha value is -4.48. The molecule has 0 amide bonds. The monoisotopic (exact) mass is 524 g/mol. The van der Waals surface area contributed by atoms with E-state index in [1.165, 1.54) is 0 Å². The van der Waals surface area contributed by atoms with Crippen LogP contribution in [0.25, 0.3) is 42.1 Å². The molecule has 188 valence electrons. The molecule has 0 aliphatic carbocycles. The summed E-state index contributed by atoms with van der Waals surface area (Å²) in [4.78, 5) is 18.3. The fraction of sp³-hybridized carbons (Fsp3) is 0.118. The maximum atomic E-state index is 13.3. The summed E-state index contributed by atoms with van der Waals surface area (Å²) in [6, 6.07) is 32.8. The van der Waals surface area contributed by atoms with E-state index in [0.29, 0.717) is 0 Å². The van der Waals surface area contributed by atoms with Gasteiger partial charge in [0, 0.05) is 31.2 Å². The molecule has 1 unspecified atom stereocenters. The van der Waals surface area contributed by atoms with Gasteiger partial charge in [-0.2, -0.15) is 0 Å². The second kappa shape index (κ2) is 7.78. The second-order valence-corrected chi connectivity index (χ2v) is 12.0. The van der Waals surface area contributed by atoms with Crippen molar-refractivity contribution in [3.05, 3.63) is 113 Å². The standard InChI is InChI=1S/C34H24N2O2S/c1-33(2)26-18-22(21-13-16-30-25(17-21)32(37)24-9-5-6-10-29(24)39-30)11-14-27(26)36-34(33)19-35-31-23-8-4-3-7-20(23)12-15-28(31)38-34/h3-19,36H,1-2H3. The van der Waals surface area contributed by atoms with Crippen LogP contribution >= 0.6 is 11.3 Å². The van der Waals surface area contributed by atoms with E-state index in [4.69, 9.17) is 9.73 Å². The highest BCUT2D eigenvalue weighted by atomic mass is 32.1. The highest BCUT2D eigenvalue weighted by molar-refractivity contribution is 7.24. The lowest BCUT2D eigenvalue weighted by atomic mass is 9.77. The Morgan fingerprint density at radius 1 is 0.769 bits per heavy atom. The van der Waals surface area contributed by atoms with E-state index in [2.05, 4.69) is 67.7 Å². The van der Waals surface area contributed by atoms with Crippen LogP contribution in [-0.2, 0) is 5.41 Å². The summed E-state index contributed by atoms with van der Waals surface area (Å²) < 4.78 is 8.76. The molecule has 0 bridgehead atoms. The van der Waals surface area contributed by atoms with E-state index < -0.39 is 11.1 Å². The molecule has 5 aromatic carbocycles. The Morgan fingerprint density at radius 2 is 1.51 bits per heavy atom. The number of hydrogen-bond acceptors (Lipinski definition) is 5. The van der Waals surface area contributed by atoms with Gasteiger partial charge in [0.05, 0.1) is 11.6 Å². The molecule has 2 aliphatic heterocycles. The quantitative estimate of drug-likeness (QED) is 0.220. The zero-order valence-electron chi connectivity index (χ0n) is 21.5. The van der Waals surface area contributed by atoms with Gasteiger partial charge in [-0.05, 0) is 78.4 Å². The predicted octanol–water partition coefficient (Wildman–Crippen LogP) is 8.43. The number of anilines is 1. The van der Waals surface area contributed by atoms with Crippen LogP contribution in [0.3, 0.4) is 0 Å². The normalized spacial score (nSPS) is 18.7. The van der Waals surface area contributed by atoms with Gasteiger partial charge in [0.25, 0.3) is 0 Å². The first kappa shape index (κ1) is 22.5. The van der Waals surface area contributed by atoms with Crippen molar-refractivity contribution in [3.63, 3.8) is 0 Å². The molecule has 0 fully saturated rings. The first-order valence-corrected chi connectivity index (χ1v) is 13.9. The van der Waals surface area contributed by atoms with Crippen LogP contribution in [0.15, 0.2) is 107 Å². The molecule has 0 radical (unpaired) electrons. The molecule has 4 nitrogen and oxygen atoms in total. The summed E-state index contributed by atoms with van der Waals surface area (Å²) in [6.45, 7) is 4.38. The Kier molecular flexibility index (Phi) is 4.49. The molecule has 6 aromatic rings. The number of benzene rings is 5. The van der Waals surface area contributed by atoms with Gasteiger partial charge in [-0.25, -0.2) is 0 Å². The van der Waals surface area contributed by atoms with Gasteiger partial charge >= 0.3 is 0 Å². The summed E-state index contributed by atoms with van der Waals surface area (Å²) in [5.74, 6) is 0.774. The molecular weight excluding hydrogens is 500 g/mol. The number of fused-ring (bicyclic) bond motifs is 6.